The molecule has 1 heterocycles. The van der Waals surface area contributed by atoms with Gasteiger partial charge in [0.2, 0.25) is 11.8 Å². The van der Waals surface area contributed by atoms with E-state index >= 15 is 0 Å². The van der Waals surface area contributed by atoms with E-state index in [0.29, 0.717) is 19.5 Å². The van der Waals surface area contributed by atoms with Crippen molar-refractivity contribution in [2.45, 2.75) is 65.3 Å². The molecule has 1 atom stereocenters. The second kappa shape index (κ2) is 8.55. The number of sulfone groups is 1. The van der Waals surface area contributed by atoms with Gasteiger partial charge in [0.25, 0.3) is 0 Å². The standard InChI is InChI=1S/C19H32N2O4S/c1-4-21(16-11-13-26(24,25)14-16)18(23)19(2,3)17(22)20-12-10-15-8-6-5-7-9-15/h8,16H,4-7,9-14H2,1-3H3,(H,20,22). The van der Waals surface area contributed by atoms with E-state index < -0.39 is 15.3 Å². The molecule has 1 aliphatic carbocycles. The molecule has 1 fully saturated rings. The van der Waals surface area contributed by atoms with Crippen LogP contribution in [0.3, 0.4) is 0 Å². The highest BCUT2D eigenvalue weighted by Crippen LogP contribution is 2.25. The van der Waals surface area contributed by atoms with Gasteiger partial charge in [0.15, 0.2) is 9.84 Å². The second-order valence-electron chi connectivity index (χ2n) is 7.89. The molecule has 1 unspecified atom stereocenters. The molecule has 0 aromatic heterocycles. The zero-order valence-electron chi connectivity index (χ0n) is 16.2. The van der Waals surface area contributed by atoms with Gasteiger partial charge in [0, 0.05) is 19.1 Å². The van der Waals surface area contributed by atoms with Gasteiger partial charge in [0.1, 0.15) is 5.41 Å². The van der Waals surface area contributed by atoms with Crippen molar-refractivity contribution in [1.29, 1.82) is 0 Å². The molecule has 0 spiro atoms. The highest BCUT2D eigenvalue weighted by molar-refractivity contribution is 7.91. The van der Waals surface area contributed by atoms with Gasteiger partial charge in [-0.05, 0) is 59.3 Å². The fourth-order valence-corrected chi connectivity index (χ4v) is 5.46. The maximum atomic E-state index is 13.0. The monoisotopic (exact) mass is 384 g/mol. The third-order valence-corrected chi connectivity index (χ3v) is 7.22. The van der Waals surface area contributed by atoms with E-state index in [-0.39, 0.29) is 29.4 Å². The number of rotatable bonds is 7. The van der Waals surface area contributed by atoms with E-state index in [1.165, 1.54) is 18.4 Å². The summed E-state index contributed by atoms with van der Waals surface area (Å²) in [6.45, 7) is 6.01. The Labute approximate surface area is 157 Å². The summed E-state index contributed by atoms with van der Waals surface area (Å²) in [4.78, 5) is 27.1. The minimum Gasteiger partial charge on any atom is -0.355 e. The molecule has 7 heteroatoms. The lowest BCUT2D eigenvalue weighted by atomic mass is 9.89. The first-order valence-electron chi connectivity index (χ1n) is 9.65. The van der Waals surface area contributed by atoms with Gasteiger partial charge in [-0.25, -0.2) is 8.42 Å². The summed E-state index contributed by atoms with van der Waals surface area (Å²) in [6.07, 6.45) is 8.19. The Balaban J connectivity index is 1.94. The zero-order valence-corrected chi connectivity index (χ0v) is 17.0. The smallest absolute Gasteiger partial charge is 0.237 e. The topological polar surface area (TPSA) is 83.6 Å². The second-order valence-corrected chi connectivity index (χ2v) is 10.1. The van der Waals surface area contributed by atoms with E-state index in [0.717, 1.165) is 19.3 Å². The fourth-order valence-electron chi connectivity index (χ4n) is 3.73. The predicted molar refractivity (Wildman–Crippen MR) is 102 cm³/mol. The Hall–Kier alpha value is -1.37. The van der Waals surface area contributed by atoms with Crippen molar-refractivity contribution in [1.82, 2.24) is 10.2 Å². The molecule has 0 radical (unpaired) electrons. The quantitative estimate of drug-likeness (QED) is 0.538. The summed E-state index contributed by atoms with van der Waals surface area (Å²) in [5, 5.41) is 2.89. The molecule has 148 valence electrons. The van der Waals surface area contributed by atoms with Crippen molar-refractivity contribution >= 4 is 21.7 Å². The maximum Gasteiger partial charge on any atom is 0.237 e. The lowest BCUT2D eigenvalue weighted by Crippen LogP contribution is -2.53. The van der Waals surface area contributed by atoms with Crippen LogP contribution in [0.25, 0.3) is 0 Å². The Morgan fingerprint density at radius 1 is 1.31 bits per heavy atom. The highest BCUT2D eigenvalue weighted by atomic mass is 32.2. The van der Waals surface area contributed by atoms with Gasteiger partial charge in [-0.15, -0.1) is 0 Å². The summed E-state index contributed by atoms with van der Waals surface area (Å²) in [5.41, 5.74) is 0.176. The highest BCUT2D eigenvalue weighted by Gasteiger charge is 2.43. The van der Waals surface area contributed by atoms with Crippen LogP contribution in [0.2, 0.25) is 0 Å². The van der Waals surface area contributed by atoms with Gasteiger partial charge in [-0.1, -0.05) is 11.6 Å². The predicted octanol–water partition coefficient (Wildman–Crippen LogP) is 2.05. The summed E-state index contributed by atoms with van der Waals surface area (Å²) < 4.78 is 23.5. The number of carbonyl (C=O) groups excluding carboxylic acids is 2. The third kappa shape index (κ3) is 5.09. The van der Waals surface area contributed by atoms with Crippen LogP contribution in [0, 0.1) is 5.41 Å². The normalized spacial score (nSPS) is 22.6. The number of amides is 2. The SMILES string of the molecule is CCN(C(=O)C(C)(C)C(=O)NCCC1=CCCCC1)C1CCS(=O)(=O)C1. The lowest BCUT2D eigenvalue weighted by Gasteiger charge is -2.34. The molecule has 0 aromatic rings. The van der Waals surface area contributed by atoms with Gasteiger partial charge in [-0.3, -0.25) is 9.59 Å². The fraction of sp³-hybridized carbons (Fsp3) is 0.789. The number of carbonyl (C=O) groups is 2. The van der Waals surface area contributed by atoms with Crippen LogP contribution in [-0.2, 0) is 19.4 Å². The van der Waals surface area contributed by atoms with Gasteiger partial charge in [0.05, 0.1) is 11.5 Å². The van der Waals surface area contributed by atoms with Crippen LogP contribution in [0.1, 0.15) is 59.3 Å². The molecule has 2 rings (SSSR count). The first-order chi connectivity index (χ1) is 12.2. The molecule has 1 saturated heterocycles. The molecule has 2 aliphatic rings. The number of allylic oxidation sites excluding steroid dienone is 1. The summed E-state index contributed by atoms with van der Waals surface area (Å²) in [6, 6.07) is -0.322. The summed E-state index contributed by atoms with van der Waals surface area (Å²) in [5.74, 6) is -0.476. The first-order valence-corrected chi connectivity index (χ1v) is 11.5. The molecular weight excluding hydrogens is 352 g/mol. The van der Waals surface area contributed by atoms with Crippen LogP contribution in [0.5, 0.6) is 0 Å². The number of hydrogen-bond acceptors (Lipinski definition) is 4. The van der Waals surface area contributed by atoms with Crippen molar-refractivity contribution in [3.8, 4) is 0 Å². The zero-order chi connectivity index (χ0) is 19.4. The van der Waals surface area contributed by atoms with Crippen molar-refractivity contribution in [3.63, 3.8) is 0 Å². The van der Waals surface area contributed by atoms with Crippen LogP contribution < -0.4 is 5.32 Å². The molecule has 0 aromatic carbocycles. The van der Waals surface area contributed by atoms with Crippen LogP contribution in [-0.4, -0.2) is 55.8 Å². The van der Waals surface area contributed by atoms with Crippen molar-refractivity contribution in [2.24, 2.45) is 5.41 Å². The largest absolute Gasteiger partial charge is 0.355 e. The van der Waals surface area contributed by atoms with Gasteiger partial charge in [-0.2, -0.15) is 0 Å². The van der Waals surface area contributed by atoms with Crippen molar-refractivity contribution < 1.29 is 18.0 Å². The number of hydrogen-bond donors (Lipinski definition) is 1. The summed E-state index contributed by atoms with van der Waals surface area (Å²) in [7, 11) is -3.08. The average molecular weight is 385 g/mol. The van der Waals surface area contributed by atoms with E-state index in [9.17, 15) is 18.0 Å². The van der Waals surface area contributed by atoms with Crippen LogP contribution in [0.4, 0.5) is 0 Å². The van der Waals surface area contributed by atoms with E-state index in [4.69, 9.17) is 0 Å². The Morgan fingerprint density at radius 3 is 2.58 bits per heavy atom. The Morgan fingerprint density at radius 2 is 2.04 bits per heavy atom. The van der Waals surface area contributed by atoms with E-state index in [1.54, 1.807) is 18.7 Å². The van der Waals surface area contributed by atoms with Gasteiger partial charge >= 0.3 is 0 Å². The van der Waals surface area contributed by atoms with Crippen LogP contribution >= 0.6 is 0 Å². The average Bonchev–Trinajstić information content (AvgIpc) is 2.96. The molecular formula is C19H32N2O4S. The third-order valence-electron chi connectivity index (χ3n) is 5.47. The summed E-state index contributed by atoms with van der Waals surface area (Å²) >= 11 is 0. The Bertz CT molecular complexity index is 667. The van der Waals surface area contributed by atoms with Crippen molar-refractivity contribution in [2.75, 3.05) is 24.6 Å². The molecule has 6 nitrogen and oxygen atoms in total. The van der Waals surface area contributed by atoms with Crippen LogP contribution in [0.15, 0.2) is 11.6 Å². The van der Waals surface area contributed by atoms with E-state index in [1.807, 2.05) is 6.92 Å². The van der Waals surface area contributed by atoms with Gasteiger partial charge < -0.3 is 10.2 Å². The molecule has 0 saturated carbocycles. The minimum absolute atomic E-state index is 0.00155. The number of nitrogens with zero attached hydrogens (tertiary/aromatic N) is 1. The minimum atomic E-state index is -3.08. The maximum absolute atomic E-state index is 13.0. The molecule has 26 heavy (non-hydrogen) atoms. The molecule has 1 N–H and O–H groups in total. The van der Waals surface area contributed by atoms with E-state index in [2.05, 4.69) is 11.4 Å². The molecule has 0 bridgehead atoms. The molecule has 1 aliphatic heterocycles. The first kappa shape index (κ1) is 20.9. The lowest BCUT2D eigenvalue weighted by molar-refractivity contribution is -0.149. The van der Waals surface area contributed by atoms with Crippen molar-refractivity contribution in [3.05, 3.63) is 11.6 Å². The number of nitrogens with one attached hydrogen (secondary N) is 1. The molecule has 2 amide bonds. The Kier molecular flexibility index (Phi) is 6.88.